The maximum absolute atomic E-state index is 11.3. The lowest BCUT2D eigenvalue weighted by atomic mass is 9.79. The Kier molecular flexibility index (Phi) is 8.60. The summed E-state index contributed by atoms with van der Waals surface area (Å²) in [6.07, 6.45) is 8.65. The molecule has 0 saturated carbocycles. The van der Waals surface area contributed by atoms with Gasteiger partial charge >= 0.3 is 20.2 Å². The minimum Gasteiger partial charge on any atom is -0.466 e. The first kappa shape index (κ1) is 28.6. The van der Waals surface area contributed by atoms with Gasteiger partial charge in [0.25, 0.3) is 0 Å². The van der Waals surface area contributed by atoms with Gasteiger partial charge in [-0.3, -0.25) is 14.5 Å². The van der Waals surface area contributed by atoms with Crippen molar-refractivity contribution in [2.24, 2.45) is 4.99 Å². The van der Waals surface area contributed by atoms with Gasteiger partial charge in [-0.1, -0.05) is 6.08 Å². The Bertz CT molecular complexity index is 954. The molecule has 0 aliphatic carbocycles. The average molecular weight is 501 g/mol. The second kappa shape index (κ2) is 10.8. The molecular formula is C25H41B2N3O6. The second-order valence-corrected chi connectivity index (χ2v) is 11.3. The number of aryl methyl sites for hydroxylation is 1. The van der Waals surface area contributed by atoms with Crippen molar-refractivity contribution in [2.45, 2.75) is 104 Å². The van der Waals surface area contributed by atoms with Crippen LogP contribution in [0.15, 0.2) is 28.9 Å². The molecule has 9 nitrogen and oxygen atoms in total. The summed E-state index contributed by atoms with van der Waals surface area (Å²) in [6, 6.07) is 0. The fourth-order valence-electron chi connectivity index (χ4n) is 3.73. The zero-order valence-corrected chi connectivity index (χ0v) is 23.3. The zero-order valence-electron chi connectivity index (χ0n) is 23.3. The number of hydrogen-bond acceptors (Lipinski definition) is 8. The molecular weight excluding hydrogens is 460 g/mol. The molecule has 0 N–H and O–H groups in total. The molecule has 0 atom stereocenters. The lowest BCUT2D eigenvalue weighted by molar-refractivity contribution is -0.143. The number of allylic oxidation sites excluding steroid dienone is 1. The van der Waals surface area contributed by atoms with E-state index in [2.05, 4.69) is 37.8 Å². The van der Waals surface area contributed by atoms with Gasteiger partial charge < -0.3 is 23.4 Å². The third-order valence-corrected chi connectivity index (χ3v) is 7.45. The number of ether oxygens (including phenoxy) is 1. The summed E-state index contributed by atoms with van der Waals surface area (Å²) in [5, 5.41) is 4.30. The first-order valence-corrected chi connectivity index (χ1v) is 12.8. The first-order valence-electron chi connectivity index (χ1n) is 12.8. The van der Waals surface area contributed by atoms with Crippen molar-refractivity contribution in [1.82, 2.24) is 9.78 Å². The second-order valence-electron chi connectivity index (χ2n) is 11.3. The normalized spacial score (nSPS) is 22.9. The largest absolute Gasteiger partial charge is 0.498 e. The molecule has 2 fully saturated rings. The lowest BCUT2D eigenvalue weighted by Gasteiger charge is -2.32. The number of aliphatic imine (C=N–C) groups is 1. The summed E-state index contributed by atoms with van der Waals surface area (Å²) in [5.41, 5.74) is 0.718. The smallest absolute Gasteiger partial charge is 0.466 e. The van der Waals surface area contributed by atoms with Crippen molar-refractivity contribution in [1.29, 1.82) is 0 Å². The standard InChI is InChI=1S/C15H25BN2O4.C10H16BNO2/c1-6-20-13(19)8-7-9-18-11-12(10-17-18)16-21-14(2,3)15(4,5)22-16;1-9(2)10(3,4)14-11(13-9)8-5-6-12-7-8/h10-11H,6-9H2,1-5H3;5,7H,6H2,1-4H3. The first-order chi connectivity index (χ1) is 16.7. The van der Waals surface area contributed by atoms with E-state index in [9.17, 15) is 4.79 Å². The van der Waals surface area contributed by atoms with E-state index in [0.29, 0.717) is 26.0 Å². The van der Waals surface area contributed by atoms with Crippen LogP contribution < -0.4 is 5.46 Å². The van der Waals surface area contributed by atoms with Crippen LogP contribution in [-0.4, -0.2) is 71.8 Å². The van der Waals surface area contributed by atoms with Gasteiger partial charge in [-0.05, 0) is 74.2 Å². The maximum atomic E-state index is 11.3. The Balaban J connectivity index is 0.000000221. The fraction of sp³-hybridized carbons (Fsp3) is 0.720. The van der Waals surface area contributed by atoms with Crippen molar-refractivity contribution >= 4 is 31.9 Å². The van der Waals surface area contributed by atoms with Crippen LogP contribution in [0.2, 0.25) is 0 Å². The molecule has 4 heterocycles. The Morgan fingerprint density at radius 3 is 2.03 bits per heavy atom. The molecule has 4 rings (SSSR count). The fourth-order valence-corrected chi connectivity index (χ4v) is 3.73. The van der Waals surface area contributed by atoms with E-state index in [-0.39, 0.29) is 35.5 Å². The molecule has 0 bridgehead atoms. The van der Waals surface area contributed by atoms with E-state index in [1.165, 1.54) is 0 Å². The van der Waals surface area contributed by atoms with Gasteiger partial charge in [0, 0.05) is 37.0 Å². The van der Waals surface area contributed by atoms with Crippen molar-refractivity contribution in [3.05, 3.63) is 23.9 Å². The summed E-state index contributed by atoms with van der Waals surface area (Å²) in [7, 11) is -0.643. The van der Waals surface area contributed by atoms with E-state index >= 15 is 0 Å². The van der Waals surface area contributed by atoms with Crippen LogP contribution in [0.5, 0.6) is 0 Å². The van der Waals surface area contributed by atoms with Crippen molar-refractivity contribution < 1.29 is 28.1 Å². The molecule has 0 unspecified atom stereocenters. The van der Waals surface area contributed by atoms with Crippen LogP contribution in [0.4, 0.5) is 0 Å². The number of esters is 1. The molecule has 1 aromatic heterocycles. The summed E-state index contributed by atoms with van der Waals surface area (Å²) in [5.74, 6) is -0.166. The number of carbonyl (C=O) groups is 1. The molecule has 36 heavy (non-hydrogen) atoms. The quantitative estimate of drug-likeness (QED) is 0.419. The van der Waals surface area contributed by atoms with Gasteiger partial charge in [0.05, 0.1) is 35.6 Å². The van der Waals surface area contributed by atoms with Crippen molar-refractivity contribution in [3.63, 3.8) is 0 Å². The highest BCUT2D eigenvalue weighted by Gasteiger charge is 2.53. The number of hydrogen-bond donors (Lipinski definition) is 0. The molecule has 0 amide bonds. The summed E-state index contributed by atoms with van der Waals surface area (Å²) < 4.78 is 30.4. The number of rotatable bonds is 7. The molecule has 3 aliphatic rings. The van der Waals surface area contributed by atoms with Crippen LogP contribution in [-0.2, 0) is 34.7 Å². The summed E-state index contributed by atoms with van der Waals surface area (Å²) in [4.78, 5) is 15.4. The van der Waals surface area contributed by atoms with Crippen molar-refractivity contribution in [3.8, 4) is 0 Å². The third kappa shape index (κ3) is 6.48. The van der Waals surface area contributed by atoms with Gasteiger partial charge in [0.15, 0.2) is 0 Å². The molecule has 0 radical (unpaired) electrons. The molecule has 198 valence electrons. The van der Waals surface area contributed by atoms with E-state index in [0.717, 1.165) is 17.5 Å². The minimum atomic E-state index is -0.399. The monoisotopic (exact) mass is 501 g/mol. The van der Waals surface area contributed by atoms with Crippen LogP contribution in [0.25, 0.3) is 0 Å². The van der Waals surface area contributed by atoms with Crippen molar-refractivity contribution in [2.75, 3.05) is 13.2 Å². The topological polar surface area (TPSA) is 93.4 Å². The molecule has 0 aromatic carbocycles. The van der Waals surface area contributed by atoms with Crippen LogP contribution in [0, 0.1) is 0 Å². The maximum Gasteiger partial charge on any atom is 0.498 e. The molecule has 2 saturated heterocycles. The van der Waals surface area contributed by atoms with E-state index in [4.69, 9.17) is 23.4 Å². The zero-order chi connectivity index (χ0) is 26.8. The molecule has 1 aromatic rings. The highest BCUT2D eigenvalue weighted by atomic mass is 16.7. The Morgan fingerprint density at radius 1 is 0.972 bits per heavy atom. The van der Waals surface area contributed by atoms with Gasteiger partial charge in [0.2, 0.25) is 0 Å². The highest BCUT2D eigenvalue weighted by Crippen LogP contribution is 2.38. The highest BCUT2D eigenvalue weighted by molar-refractivity contribution is 6.62. The molecule has 3 aliphatic heterocycles. The van der Waals surface area contributed by atoms with Gasteiger partial charge in [-0.2, -0.15) is 5.10 Å². The Hall–Kier alpha value is -1.94. The molecule has 0 spiro atoms. The lowest BCUT2D eigenvalue weighted by Crippen LogP contribution is -2.41. The van der Waals surface area contributed by atoms with E-state index in [1.807, 2.05) is 53.1 Å². The van der Waals surface area contributed by atoms with Crippen LogP contribution in [0.3, 0.4) is 0 Å². The van der Waals surface area contributed by atoms with Gasteiger partial charge in [-0.15, -0.1) is 0 Å². The minimum absolute atomic E-state index is 0.166. The third-order valence-electron chi connectivity index (χ3n) is 7.45. The van der Waals surface area contributed by atoms with Gasteiger partial charge in [-0.25, -0.2) is 0 Å². The van der Waals surface area contributed by atoms with Crippen LogP contribution >= 0.6 is 0 Å². The predicted molar refractivity (Wildman–Crippen MR) is 141 cm³/mol. The number of aromatic nitrogens is 2. The predicted octanol–water partition coefficient (Wildman–Crippen LogP) is 3.15. The van der Waals surface area contributed by atoms with E-state index in [1.54, 1.807) is 10.9 Å². The van der Waals surface area contributed by atoms with Gasteiger partial charge in [0.1, 0.15) is 0 Å². The Labute approximate surface area is 216 Å². The Morgan fingerprint density at radius 2 is 1.53 bits per heavy atom. The molecule has 11 heteroatoms. The number of nitrogens with zero attached hydrogens (tertiary/aromatic N) is 3. The summed E-state index contributed by atoms with van der Waals surface area (Å²) in [6.45, 7) is 20.0. The van der Waals surface area contributed by atoms with E-state index < -0.39 is 7.12 Å². The summed E-state index contributed by atoms with van der Waals surface area (Å²) >= 11 is 0. The van der Waals surface area contributed by atoms with Crippen LogP contribution in [0.1, 0.15) is 75.2 Å². The average Bonchev–Trinajstić information content (AvgIpc) is 3.51. The number of carbonyl (C=O) groups excluding carboxylic acids is 1. The SMILES string of the molecule is CC1(C)OB(C2=CCN=C2)OC1(C)C.CCOC(=O)CCCn1cc(B2OC(C)(C)C(C)(C)O2)cn1.